The molecule has 1 aliphatic heterocycles. The highest BCUT2D eigenvalue weighted by Gasteiger charge is 2.62. The highest BCUT2D eigenvalue weighted by molar-refractivity contribution is 6.00. The van der Waals surface area contributed by atoms with E-state index in [1.165, 1.54) is 0 Å². The van der Waals surface area contributed by atoms with E-state index in [9.17, 15) is 9.59 Å². The Bertz CT molecular complexity index is 858. The van der Waals surface area contributed by atoms with Crippen LogP contribution in [0.3, 0.4) is 0 Å². The monoisotopic (exact) mass is 336 g/mol. The Morgan fingerprint density at radius 1 is 0.760 bits per heavy atom. The van der Waals surface area contributed by atoms with Crippen molar-refractivity contribution in [3.05, 3.63) is 58.7 Å². The topological polar surface area (TPSA) is 61.8 Å². The number of hydrogen-bond donors (Lipinski definition) is 0. The summed E-state index contributed by atoms with van der Waals surface area (Å²) in [6.45, 7) is 0. The Hall–Kier alpha value is -2.82. The van der Waals surface area contributed by atoms with Gasteiger partial charge in [0, 0.05) is 23.0 Å². The maximum absolute atomic E-state index is 12.5. The van der Waals surface area contributed by atoms with E-state index in [0.717, 1.165) is 22.3 Å². The van der Waals surface area contributed by atoms with Crippen molar-refractivity contribution in [2.45, 2.75) is 11.8 Å². The molecule has 0 aromatic heterocycles. The number of benzene rings is 2. The van der Waals surface area contributed by atoms with Gasteiger partial charge in [-0.3, -0.25) is 9.59 Å². The van der Waals surface area contributed by atoms with Gasteiger partial charge in [-0.2, -0.15) is 0 Å². The summed E-state index contributed by atoms with van der Waals surface area (Å²) < 4.78 is 16.2. The highest BCUT2D eigenvalue weighted by atomic mass is 16.6. The van der Waals surface area contributed by atoms with Gasteiger partial charge in [0.25, 0.3) is 0 Å². The summed E-state index contributed by atoms with van der Waals surface area (Å²) >= 11 is 0. The van der Waals surface area contributed by atoms with Gasteiger partial charge in [-0.15, -0.1) is 0 Å². The van der Waals surface area contributed by atoms with Crippen LogP contribution in [0, 0.1) is 11.8 Å². The Balaban J connectivity index is 1.90. The zero-order valence-corrected chi connectivity index (χ0v) is 13.8. The van der Waals surface area contributed by atoms with Gasteiger partial charge in [0.1, 0.15) is 11.5 Å². The highest BCUT2D eigenvalue weighted by Crippen LogP contribution is 2.64. The molecule has 1 heterocycles. The fraction of sp³-hybridized carbons (Fsp3) is 0.300. The third kappa shape index (κ3) is 1.63. The second-order valence-electron chi connectivity index (χ2n) is 6.67. The number of esters is 2. The first-order valence-electron chi connectivity index (χ1n) is 8.26. The first-order chi connectivity index (χ1) is 12.2. The lowest BCUT2D eigenvalue weighted by atomic mass is 9.54. The fourth-order valence-electron chi connectivity index (χ4n) is 4.94. The van der Waals surface area contributed by atoms with Crippen LogP contribution in [0.1, 0.15) is 34.1 Å². The van der Waals surface area contributed by atoms with Gasteiger partial charge in [-0.05, 0) is 23.3 Å². The number of methoxy groups -OCH3 is 2. The third-order valence-electron chi connectivity index (χ3n) is 5.79. The first-order valence-corrected chi connectivity index (χ1v) is 8.26. The lowest BCUT2D eigenvalue weighted by Crippen LogP contribution is -2.41. The molecule has 1 saturated heterocycles. The van der Waals surface area contributed by atoms with Crippen molar-refractivity contribution < 1.29 is 23.8 Å². The van der Waals surface area contributed by atoms with Crippen LogP contribution >= 0.6 is 0 Å². The smallest absolute Gasteiger partial charge is 0.318 e. The summed E-state index contributed by atoms with van der Waals surface area (Å²) in [7, 11) is 3.23. The quantitative estimate of drug-likeness (QED) is 0.623. The van der Waals surface area contributed by atoms with E-state index < -0.39 is 23.8 Å². The second kappa shape index (κ2) is 4.85. The van der Waals surface area contributed by atoms with Crippen molar-refractivity contribution >= 4 is 11.9 Å². The fourth-order valence-corrected chi connectivity index (χ4v) is 4.94. The number of cyclic esters (lactones) is 2. The largest absolute Gasteiger partial charge is 0.496 e. The molecule has 4 unspecified atom stereocenters. The van der Waals surface area contributed by atoms with Crippen molar-refractivity contribution in [2.24, 2.45) is 11.8 Å². The van der Waals surface area contributed by atoms with E-state index in [2.05, 4.69) is 0 Å². The molecule has 25 heavy (non-hydrogen) atoms. The van der Waals surface area contributed by atoms with E-state index in [-0.39, 0.29) is 11.8 Å². The molecule has 0 saturated carbocycles. The lowest BCUT2D eigenvalue weighted by Gasteiger charge is -2.46. The van der Waals surface area contributed by atoms with Crippen LogP contribution < -0.4 is 9.47 Å². The Morgan fingerprint density at radius 3 is 1.60 bits per heavy atom. The van der Waals surface area contributed by atoms with Crippen LogP contribution in [0.5, 0.6) is 11.5 Å². The summed E-state index contributed by atoms with van der Waals surface area (Å²) in [6, 6.07) is 11.7. The maximum atomic E-state index is 12.5. The number of hydrogen-bond acceptors (Lipinski definition) is 5. The zero-order chi connectivity index (χ0) is 17.3. The molecule has 2 aromatic rings. The second-order valence-corrected chi connectivity index (χ2v) is 6.67. The van der Waals surface area contributed by atoms with Crippen molar-refractivity contribution in [3.63, 3.8) is 0 Å². The molecule has 126 valence electrons. The molecule has 0 N–H and O–H groups in total. The van der Waals surface area contributed by atoms with Crippen molar-refractivity contribution in [1.29, 1.82) is 0 Å². The number of carbonyl (C=O) groups excluding carboxylic acids is 2. The minimum absolute atomic E-state index is 0.259. The van der Waals surface area contributed by atoms with Crippen LogP contribution in [0.25, 0.3) is 0 Å². The summed E-state index contributed by atoms with van der Waals surface area (Å²) in [5, 5.41) is 0. The van der Waals surface area contributed by atoms with E-state index >= 15 is 0 Å². The maximum Gasteiger partial charge on any atom is 0.318 e. The molecule has 0 radical (unpaired) electrons. The molecule has 2 aromatic carbocycles. The number of rotatable bonds is 2. The first kappa shape index (κ1) is 14.5. The molecule has 1 fully saturated rings. The van der Waals surface area contributed by atoms with Gasteiger partial charge in [-0.25, -0.2) is 0 Å². The predicted octanol–water partition coefficient (Wildman–Crippen LogP) is 2.61. The summed E-state index contributed by atoms with van der Waals surface area (Å²) in [4.78, 5) is 24.9. The van der Waals surface area contributed by atoms with Crippen LogP contribution in [0.2, 0.25) is 0 Å². The van der Waals surface area contributed by atoms with Gasteiger partial charge < -0.3 is 14.2 Å². The van der Waals surface area contributed by atoms with Crippen molar-refractivity contribution in [3.8, 4) is 11.5 Å². The molecule has 0 amide bonds. The minimum Gasteiger partial charge on any atom is -0.496 e. The molecule has 3 aliphatic carbocycles. The van der Waals surface area contributed by atoms with Gasteiger partial charge in [0.15, 0.2) is 0 Å². The third-order valence-corrected chi connectivity index (χ3v) is 5.79. The average molecular weight is 336 g/mol. The molecule has 4 aliphatic rings. The van der Waals surface area contributed by atoms with Gasteiger partial charge in [-0.1, -0.05) is 24.3 Å². The molecule has 0 spiro atoms. The molecule has 2 bridgehead atoms. The zero-order valence-electron chi connectivity index (χ0n) is 13.8. The molecule has 5 nitrogen and oxygen atoms in total. The summed E-state index contributed by atoms with van der Waals surface area (Å²) in [5.41, 5.74) is 4.02. The van der Waals surface area contributed by atoms with Crippen LogP contribution in [-0.4, -0.2) is 26.2 Å². The standard InChI is InChI=1S/C20H16O5/c1-23-11-7-8-12(24-2)16-14-10-6-4-3-5-9(10)13(15(11)16)17-18(14)20(22)25-19(17)21/h3-8,13-14,17-18H,1-2H3. The van der Waals surface area contributed by atoms with E-state index in [1.807, 2.05) is 36.4 Å². The van der Waals surface area contributed by atoms with Crippen LogP contribution in [0.15, 0.2) is 36.4 Å². The molecule has 4 atom stereocenters. The van der Waals surface area contributed by atoms with Gasteiger partial charge in [0.2, 0.25) is 0 Å². The average Bonchev–Trinajstić information content (AvgIpc) is 2.95. The minimum atomic E-state index is -0.499. The predicted molar refractivity (Wildman–Crippen MR) is 87.8 cm³/mol. The summed E-state index contributed by atoms with van der Waals surface area (Å²) in [6.07, 6.45) is 0. The van der Waals surface area contributed by atoms with E-state index in [0.29, 0.717) is 11.5 Å². The van der Waals surface area contributed by atoms with Crippen molar-refractivity contribution in [2.75, 3.05) is 14.2 Å². The molecular formula is C20H16O5. The van der Waals surface area contributed by atoms with Crippen LogP contribution in [-0.2, 0) is 14.3 Å². The van der Waals surface area contributed by atoms with E-state index in [1.54, 1.807) is 14.2 Å². The summed E-state index contributed by atoms with van der Waals surface area (Å²) in [5.74, 6) is -0.959. The Labute approximate surface area is 144 Å². The van der Waals surface area contributed by atoms with Crippen LogP contribution in [0.4, 0.5) is 0 Å². The number of carbonyl (C=O) groups is 2. The molecule has 6 rings (SSSR count). The SMILES string of the molecule is COc1ccc(OC)c2c1C1c3ccccc3C2C2C(=O)OC(=O)C12. The lowest BCUT2D eigenvalue weighted by molar-refractivity contribution is -0.153. The molecular weight excluding hydrogens is 320 g/mol. The molecule has 5 heteroatoms. The van der Waals surface area contributed by atoms with E-state index in [4.69, 9.17) is 14.2 Å². The number of ether oxygens (including phenoxy) is 3. The van der Waals surface area contributed by atoms with Crippen molar-refractivity contribution in [1.82, 2.24) is 0 Å². The van der Waals surface area contributed by atoms with Gasteiger partial charge >= 0.3 is 11.9 Å². The Morgan fingerprint density at radius 2 is 1.20 bits per heavy atom. The normalized spacial score (nSPS) is 28.1. The van der Waals surface area contributed by atoms with Gasteiger partial charge in [0.05, 0.1) is 26.1 Å². The Kier molecular flexibility index (Phi) is 2.82.